The van der Waals surface area contributed by atoms with Crippen LogP contribution in [0.2, 0.25) is 0 Å². The van der Waals surface area contributed by atoms with Crippen LogP contribution >= 0.6 is 11.8 Å². The molecule has 140 valence electrons. The Balaban J connectivity index is 1.73. The van der Waals surface area contributed by atoms with Crippen LogP contribution in [0.5, 0.6) is 0 Å². The second-order valence-corrected chi connectivity index (χ2v) is 8.68. The lowest BCUT2D eigenvalue weighted by atomic mass is 9.97. The van der Waals surface area contributed by atoms with Gasteiger partial charge >= 0.3 is 5.97 Å². The zero-order valence-corrected chi connectivity index (χ0v) is 15.2. The van der Waals surface area contributed by atoms with Crippen molar-refractivity contribution in [3.63, 3.8) is 0 Å². The Bertz CT molecular complexity index is 769. The molecule has 2 heterocycles. The molecule has 0 bridgehead atoms. The summed E-state index contributed by atoms with van der Waals surface area (Å²) in [5, 5.41) is 9.09. The number of hydrogen-bond donors (Lipinski definition) is 3. The third-order valence-corrected chi connectivity index (χ3v) is 6.29. The minimum absolute atomic E-state index is 0.0800. The highest BCUT2D eigenvalue weighted by Gasteiger charge is 2.64. The van der Waals surface area contributed by atoms with E-state index in [0.29, 0.717) is 11.1 Å². The minimum atomic E-state index is -1.02. The van der Waals surface area contributed by atoms with E-state index in [9.17, 15) is 19.5 Å². The summed E-state index contributed by atoms with van der Waals surface area (Å²) in [6.45, 7) is 3.69. The number of carboxylic acids is 1. The summed E-state index contributed by atoms with van der Waals surface area (Å²) in [6.07, 6.45) is -0.721. The smallest absolute Gasteiger partial charge is 0.327 e. The lowest BCUT2D eigenvalue weighted by Crippen LogP contribution is -2.66. The number of primary amides is 1. The zero-order chi connectivity index (χ0) is 19.2. The molecule has 3 rings (SSSR count). The van der Waals surface area contributed by atoms with Crippen LogP contribution in [0, 0.1) is 0 Å². The van der Waals surface area contributed by atoms with Crippen molar-refractivity contribution in [1.29, 1.82) is 0 Å². The molecule has 2 fully saturated rings. The van der Waals surface area contributed by atoms with E-state index >= 15 is 0 Å². The lowest BCUT2D eigenvalue weighted by Gasteiger charge is -2.43. The average Bonchev–Trinajstić information content (AvgIpc) is 2.82. The Labute approximate surface area is 154 Å². The van der Waals surface area contributed by atoms with Crippen molar-refractivity contribution >= 4 is 29.5 Å². The highest BCUT2D eigenvalue weighted by molar-refractivity contribution is 8.01. The van der Waals surface area contributed by atoms with Gasteiger partial charge in [-0.1, -0.05) is 24.3 Å². The number of rotatable bonds is 6. The summed E-state index contributed by atoms with van der Waals surface area (Å²) in [7, 11) is 0. The fourth-order valence-electron chi connectivity index (χ4n) is 3.43. The van der Waals surface area contributed by atoms with Crippen molar-refractivity contribution in [2.75, 3.05) is 0 Å². The van der Waals surface area contributed by atoms with Gasteiger partial charge in [0.05, 0.1) is 6.61 Å². The number of carboxylic acid groups (broad SMARTS) is 1. The highest BCUT2D eigenvalue weighted by atomic mass is 32.2. The van der Waals surface area contributed by atoms with Crippen LogP contribution in [-0.4, -0.2) is 50.1 Å². The predicted molar refractivity (Wildman–Crippen MR) is 94.9 cm³/mol. The van der Waals surface area contributed by atoms with Gasteiger partial charge < -0.3 is 26.2 Å². The number of thioether (sulfide) groups is 1. The molecule has 0 aromatic heterocycles. The summed E-state index contributed by atoms with van der Waals surface area (Å²) >= 11 is 1.42. The Hall–Kier alpha value is -2.10. The first-order valence-electron chi connectivity index (χ1n) is 8.12. The van der Waals surface area contributed by atoms with E-state index in [1.165, 1.54) is 16.7 Å². The summed E-state index contributed by atoms with van der Waals surface area (Å²) in [4.78, 5) is 36.7. The van der Waals surface area contributed by atoms with Gasteiger partial charge in [0.2, 0.25) is 5.91 Å². The largest absolute Gasteiger partial charge is 0.480 e. The number of fused-ring (bicyclic) bond motifs is 1. The third-order valence-electron chi connectivity index (χ3n) is 4.74. The molecule has 0 saturated carbocycles. The molecule has 2 saturated heterocycles. The predicted octanol–water partition coefficient (Wildman–Crippen LogP) is 0.204. The van der Waals surface area contributed by atoms with Gasteiger partial charge in [0, 0.05) is 4.75 Å². The summed E-state index contributed by atoms with van der Waals surface area (Å²) < 4.78 is 5.17. The zero-order valence-electron chi connectivity index (χ0n) is 14.4. The quantitative estimate of drug-likeness (QED) is 0.601. The van der Waals surface area contributed by atoms with Crippen LogP contribution in [0.25, 0.3) is 0 Å². The van der Waals surface area contributed by atoms with Gasteiger partial charge in [0.1, 0.15) is 17.5 Å². The first-order valence-corrected chi connectivity index (χ1v) is 9.00. The maximum atomic E-state index is 12.4. The molecular formula is C17H21N3O5S. The number of amides is 2. The van der Waals surface area contributed by atoms with Crippen LogP contribution in [0.4, 0.5) is 0 Å². The number of hydrogen-bond acceptors (Lipinski definition) is 6. The molecule has 5 N–H and O–H groups in total. The molecule has 9 heteroatoms. The fraction of sp³-hybridized carbons (Fsp3) is 0.471. The van der Waals surface area contributed by atoms with Gasteiger partial charge in [-0.25, -0.2) is 4.79 Å². The molecule has 26 heavy (non-hydrogen) atoms. The van der Waals surface area contributed by atoms with Crippen molar-refractivity contribution < 1.29 is 24.2 Å². The van der Waals surface area contributed by atoms with Crippen molar-refractivity contribution in [1.82, 2.24) is 4.90 Å². The molecule has 2 amide bonds. The van der Waals surface area contributed by atoms with Gasteiger partial charge in [-0.15, -0.1) is 11.8 Å². The van der Waals surface area contributed by atoms with Crippen LogP contribution in [-0.2, 0) is 25.7 Å². The van der Waals surface area contributed by atoms with Crippen molar-refractivity contribution in [2.45, 2.75) is 48.8 Å². The van der Waals surface area contributed by atoms with Crippen LogP contribution < -0.4 is 11.5 Å². The number of nitrogens with two attached hydrogens (primary N) is 2. The molecule has 0 aliphatic carbocycles. The Morgan fingerprint density at radius 2 is 2.04 bits per heavy atom. The summed E-state index contributed by atoms with van der Waals surface area (Å²) in [5.41, 5.74) is 12.3. The SMILES string of the molecule is CC1(C)S[C@@H]2[C@H](OCc3ccccc3C(N)C(N)=O)C(=O)N2[C@H]1C(=O)O. The highest BCUT2D eigenvalue weighted by Crippen LogP contribution is 2.51. The molecular weight excluding hydrogens is 358 g/mol. The van der Waals surface area contributed by atoms with E-state index in [4.69, 9.17) is 16.2 Å². The number of nitrogens with zero attached hydrogens (tertiary/aromatic N) is 1. The van der Waals surface area contributed by atoms with Crippen LogP contribution in [0.15, 0.2) is 24.3 Å². The third kappa shape index (κ3) is 2.95. The Morgan fingerprint density at radius 1 is 1.38 bits per heavy atom. The Morgan fingerprint density at radius 3 is 2.65 bits per heavy atom. The van der Waals surface area contributed by atoms with Crippen molar-refractivity contribution in [2.24, 2.45) is 11.5 Å². The summed E-state index contributed by atoms with van der Waals surface area (Å²) in [5.74, 6) is -2.01. The topological polar surface area (TPSA) is 136 Å². The van der Waals surface area contributed by atoms with Gasteiger partial charge in [-0.2, -0.15) is 0 Å². The molecule has 1 unspecified atom stereocenters. The van der Waals surface area contributed by atoms with E-state index in [0.717, 1.165) is 0 Å². The van der Waals surface area contributed by atoms with Crippen LogP contribution in [0.1, 0.15) is 31.0 Å². The molecule has 8 nitrogen and oxygen atoms in total. The van der Waals surface area contributed by atoms with Crippen molar-refractivity contribution in [3.05, 3.63) is 35.4 Å². The molecule has 0 spiro atoms. The van der Waals surface area contributed by atoms with Gasteiger partial charge in [0.15, 0.2) is 6.10 Å². The number of carbonyl (C=O) groups excluding carboxylic acids is 2. The number of carbonyl (C=O) groups is 3. The standard InChI is InChI=1S/C17H21N3O5S/c1-17(2)12(16(23)24)20-14(22)11(15(20)26-17)25-7-8-5-3-4-6-9(8)10(18)13(19)21/h3-6,10-12,15H,7,18H2,1-2H3,(H2,19,21)(H,23,24)/t10?,11-,12+,15-/m1/s1. The monoisotopic (exact) mass is 379 g/mol. The lowest BCUT2D eigenvalue weighted by molar-refractivity contribution is -0.176. The normalized spacial score (nSPS) is 27.6. The fourth-order valence-corrected chi connectivity index (χ4v) is 5.06. The number of ether oxygens (including phenoxy) is 1. The van der Waals surface area contributed by atoms with E-state index in [1.54, 1.807) is 38.1 Å². The molecule has 0 radical (unpaired) electrons. The molecule has 1 aromatic carbocycles. The first-order chi connectivity index (χ1) is 12.1. The molecule has 2 aliphatic rings. The number of β-lactam (4-membered cyclic amide) rings is 1. The van der Waals surface area contributed by atoms with E-state index in [-0.39, 0.29) is 17.9 Å². The number of benzene rings is 1. The average molecular weight is 379 g/mol. The molecule has 4 atom stereocenters. The first kappa shape index (κ1) is 18.7. The van der Waals surface area contributed by atoms with E-state index in [1.807, 2.05) is 0 Å². The maximum Gasteiger partial charge on any atom is 0.327 e. The van der Waals surface area contributed by atoms with Gasteiger partial charge in [0.25, 0.3) is 5.91 Å². The van der Waals surface area contributed by atoms with E-state index < -0.39 is 34.8 Å². The number of aliphatic carboxylic acids is 1. The molecule has 1 aromatic rings. The Kier molecular flexibility index (Phi) is 4.72. The maximum absolute atomic E-state index is 12.4. The van der Waals surface area contributed by atoms with Crippen molar-refractivity contribution in [3.8, 4) is 0 Å². The van der Waals surface area contributed by atoms with E-state index in [2.05, 4.69) is 0 Å². The van der Waals surface area contributed by atoms with Gasteiger partial charge in [-0.05, 0) is 25.0 Å². The minimum Gasteiger partial charge on any atom is -0.480 e. The van der Waals surface area contributed by atoms with Crippen LogP contribution in [0.3, 0.4) is 0 Å². The second-order valence-electron chi connectivity index (χ2n) is 6.91. The second kappa shape index (κ2) is 6.57. The van der Waals surface area contributed by atoms with Gasteiger partial charge in [-0.3, -0.25) is 9.59 Å². The summed E-state index contributed by atoms with van der Waals surface area (Å²) in [6, 6.07) is 5.13. The molecule has 2 aliphatic heterocycles.